The van der Waals surface area contributed by atoms with Crippen LogP contribution in [-0.4, -0.2) is 16.3 Å². The zero-order valence-electron chi connectivity index (χ0n) is 11.4. The Balaban J connectivity index is 2.30. The van der Waals surface area contributed by atoms with Crippen LogP contribution in [0.15, 0.2) is 22.6 Å². The third kappa shape index (κ3) is 2.25. The Kier molecular flexibility index (Phi) is 3.35. The predicted octanol–water partition coefficient (Wildman–Crippen LogP) is 4.71. The number of rotatable bonds is 3. The van der Waals surface area contributed by atoms with Crippen LogP contribution in [0.3, 0.4) is 0 Å². The maximum Gasteiger partial charge on any atom is 0.284 e. The number of benzene rings is 1. The van der Waals surface area contributed by atoms with Gasteiger partial charge in [-0.25, -0.2) is 5.10 Å². The minimum atomic E-state index is 0.0769. The number of nitrogens with one attached hydrogen (secondary N) is 1. The third-order valence-electron chi connectivity index (χ3n) is 2.87. The van der Waals surface area contributed by atoms with Crippen LogP contribution < -0.4 is 4.74 Å². The van der Waals surface area contributed by atoms with Crippen molar-refractivity contribution in [1.29, 1.82) is 0 Å². The smallest absolute Gasteiger partial charge is 0.284 e. The molecule has 0 saturated heterocycles. The summed E-state index contributed by atoms with van der Waals surface area (Å²) in [4.78, 5) is 1.14. The number of hydrogen-bond acceptors (Lipinski definition) is 5. The van der Waals surface area contributed by atoms with Gasteiger partial charge < -0.3 is 9.15 Å². The summed E-state index contributed by atoms with van der Waals surface area (Å²) in [6, 6.07) is 6.19. The molecular weight excluding hydrogens is 292 g/mol. The summed E-state index contributed by atoms with van der Waals surface area (Å²) >= 11 is 6.55. The Labute approximate surface area is 125 Å². The molecule has 0 unspecified atom stereocenters. The Morgan fingerprint density at radius 3 is 2.85 bits per heavy atom. The van der Waals surface area contributed by atoms with Crippen LogP contribution in [0.1, 0.15) is 19.4 Å². The number of aromatic amines is 1. The van der Waals surface area contributed by atoms with Gasteiger partial charge in [0.25, 0.3) is 10.7 Å². The molecule has 20 heavy (non-hydrogen) atoms. The number of aromatic nitrogens is 2. The van der Waals surface area contributed by atoms with Crippen LogP contribution in [0.25, 0.3) is 20.9 Å². The van der Waals surface area contributed by atoms with Gasteiger partial charge in [-0.3, -0.25) is 0 Å². The van der Waals surface area contributed by atoms with Crippen LogP contribution in [0, 0.1) is 11.8 Å². The number of H-pyrrole nitrogens is 1. The van der Waals surface area contributed by atoms with Crippen molar-refractivity contribution in [2.45, 2.75) is 26.9 Å². The second kappa shape index (κ2) is 5.03. The van der Waals surface area contributed by atoms with E-state index in [-0.39, 0.29) is 10.9 Å². The quantitative estimate of drug-likeness (QED) is 0.712. The first-order valence-electron chi connectivity index (χ1n) is 6.31. The zero-order chi connectivity index (χ0) is 14.3. The van der Waals surface area contributed by atoms with Crippen molar-refractivity contribution < 1.29 is 9.15 Å². The lowest BCUT2D eigenvalue weighted by atomic mass is 10.1. The third-order valence-corrected chi connectivity index (χ3v) is 4.16. The SMILES string of the molecule is Cc1cccc2sc(-c3n[nH]c(=S)o3)c(OC(C)C)c12. The fraction of sp³-hybridized carbons (Fsp3) is 0.286. The van der Waals surface area contributed by atoms with E-state index in [1.165, 1.54) is 5.56 Å². The van der Waals surface area contributed by atoms with E-state index in [0.29, 0.717) is 5.89 Å². The van der Waals surface area contributed by atoms with E-state index in [9.17, 15) is 0 Å². The van der Waals surface area contributed by atoms with Gasteiger partial charge in [0.2, 0.25) is 0 Å². The van der Waals surface area contributed by atoms with Gasteiger partial charge in [0.05, 0.1) is 6.10 Å². The van der Waals surface area contributed by atoms with E-state index in [0.717, 1.165) is 20.7 Å². The molecule has 0 radical (unpaired) electrons. The van der Waals surface area contributed by atoms with Crippen LogP contribution in [0.2, 0.25) is 0 Å². The second-order valence-corrected chi connectivity index (χ2v) is 6.22. The number of nitrogens with zero attached hydrogens (tertiary/aromatic N) is 1. The molecule has 4 nitrogen and oxygen atoms in total. The summed E-state index contributed by atoms with van der Waals surface area (Å²) in [7, 11) is 0. The molecule has 1 aromatic carbocycles. The first-order chi connectivity index (χ1) is 9.56. The molecule has 104 valence electrons. The van der Waals surface area contributed by atoms with Crippen LogP contribution in [0.4, 0.5) is 0 Å². The fourth-order valence-electron chi connectivity index (χ4n) is 2.10. The normalized spacial score (nSPS) is 11.4. The summed E-state index contributed by atoms with van der Waals surface area (Å²) in [5, 5.41) is 7.89. The maximum atomic E-state index is 6.01. The average Bonchev–Trinajstić information content (AvgIpc) is 2.94. The minimum absolute atomic E-state index is 0.0769. The van der Waals surface area contributed by atoms with Crippen LogP contribution in [-0.2, 0) is 0 Å². The number of fused-ring (bicyclic) bond motifs is 1. The molecule has 1 N–H and O–H groups in total. The van der Waals surface area contributed by atoms with Gasteiger partial charge in [-0.05, 0) is 44.6 Å². The van der Waals surface area contributed by atoms with Crippen molar-refractivity contribution in [1.82, 2.24) is 10.2 Å². The molecule has 0 aliphatic heterocycles. The predicted molar refractivity (Wildman–Crippen MR) is 83.0 cm³/mol. The van der Waals surface area contributed by atoms with Crippen molar-refractivity contribution in [3.63, 3.8) is 0 Å². The number of hydrogen-bond donors (Lipinski definition) is 1. The van der Waals surface area contributed by atoms with Crippen molar-refractivity contribution in [2.24, 2.45) is 0 Å². The van der Waals surface area contributed by atoms with E-state index in [1.807, 2.05) is 19.9 Å². The summed E-state index contributed by atoms with van der Waals surface area (Å²) in [6.07, 6.45) is 0.0769. The van der Waals surface area contributed by atoms with Crippen molar-refractivity contribution >= 4 is 33.6 Å². The fourth-order valence-corrected chi connectivity index (χ4v) is 3.37. The average molecular weight is 306 g/mol. The molecule has 0 aliphatic carbocycles. The standard InChI is InChI=1S/C14H14N2O2S2/c1-7(2)17-11-10-8(3)5-4-6-9(10)20-12(11)13-15-16-14(19)18-13/h4-7H,1-3H3,(H,16,19). The second-order valence-electron chi connectivity index (χ2n) is 4.79. The van der Waals surface area contributed by atoms with E-state index in [2.05, 4.69) is 29.3 Å². The Morgan fingerprint density at radius 2 is 2.20 bits per heavy atom. The van der Waals surface area contributed by atoms with Crippen molar-refractivity contribution in [3.05, 3.63) is 28.6 Å². The molecule has 0 bridgehead atoms. The number of thiophene rings is 1. The highest BCUT2D eigenvalue weighted by atomic mass is 32.1. The van der Waals surface area contributed by atoms with Gasteiger partial charge >= 0.3 is 0 Å². The van der Waals surface area contributed by atoms with Gasteiger partial charge in [-0.15, -0.1) is 16.4 Å². The van der Waals surface area contributed by atoms with E-state index in [1.54, 1.807) is 11.3 Å². The lowest BCUT2D eigenvalue weighted by Crippen LogP contribution is -2.06. The first kappa shape index (κ1) is 13.3. The highest BCUT2D eigenvalue weighted by Crippen LogP contribution is 2.45. The molecule has 2 heterocycles. The van der Waals surface area contributed by atoms with Gasteiger partial charge in [0, 0.05) is 10.1 Å². The molecule has 0 saturated carbocycles. The van der Waals surface area contributed by atoms with Gasteiger partial charge in [-0.2, -0.15) is 0 Å². The van der Waals surface area contributed by atoms with E-state index in [4.69, 9.17) is 21.4 Å². The van der Waals surface area contributed by atoms with Crippen molar-refractivity contribution in [2.75, 3.05) is 0 Å². The van der Waals surface area contributed by atoms with Gasteiger partial charge in [-0.1, -0.05) is 12.1 Å². The maximum absolute atomic E-state index is 6.01. The topological polar surface area (TPSA) is 51.0 Å². The molecule has 0 amide bonds. The molecule has 3 aromatic rings. The first-order valence-corrected chi connectivity index (χ1v) is 7.53. The molecule has 0 aliphatic rings. The Morgan fingerprint density at radius 1 is 1.40 bits per heavy atom. The number of ether oxygens (including phenoxy) is 1. The summed E-state index contributed by atoms with van der Waals surface area (Å²) in [5.41, 5.74) is 1.18. The lowest BCUT2D eigenvalue weighted by molar-refractivity contribution is 0.247. The van der Waals surface area contributed by atoms with Crippen molar-refractivity contribution in [3.8, 4) is 16.5 Å². The summed E-state index contributed by atoms with van der Waals surface area (Å²) in [5.74, 6) is 1.30. The molecule has 6 heteroatoms. The highest BCUT2D eigenvalue weighted by Gasteiger charge is 2.21. The zero-order valence-corrected chi connectivity index (χ0v) is 13.0. The number of aryl methyl sites for hydroxylation is 1. The van der Waals surface area contributed by atoms with Gasteiger partial charge in [0.15, 0.2) is 5.75 Å². The monoisotopic (exact) mass is 306 g/mol. The minimum Gasteiger partial charge on any atom is -0.489 e. The lowest BCUT2D eigenvalue weighted by Gasteiger charge is -2.10. The summed E-state index contributed by atoms with van der Waals surface area (Å²) in [6.45, 7) is 6.09. The van der Waals surface area contributed by atoms with E-state index < -0.39 is 0 Å². The largest absolute Gasteiger partial charge is 0.489 e. The molecule has 0 fully saturated rings. The molecular formula is C14H14N2O2S2. The highest BCUT2D eigenvalue weighted by molar-refractivity contribution is 7.71. The molecule has 0 atom stereocenters. The van der Waals surface area contributed by atoms with Crippen LogP contribution in [0.5, 0.6) is 5.75 Å². The van der Waals surface area contributed by atoms with Crippen LogP contribution >= 0.6 is 23.6 Å². The Bertz CT molecular complexity index is 814. The molecule has 0 spiro atoms. The van der Waals surface area contributed by atoms with E-state index >= 15 is 0 Å². The van der Waals surface area contributed by atoms with Gasteiger partial charge in [0.1, 0.15) is 4.88 Å². The summed E-state index contributed by atoms with van der Waals surface area (Å²) < 4.78 is 12.6. The molecule has 3 rings (SSSR count). The Hall–Kier alpha value is -1.66. The molecule has 2 aromatic heterocycles.